The van der Waals surface area contributed by atoms with Crippen molar-refractivity contribution in [2.75, 3.05) is 87.9 Å². The number of aliphatic imine (C=N–C) groups is 2. The number of nitrogens with two attached hydrogens (primary N) is 1. The van der Waals surface area contributed by atoms with E-state index in [0.29, 0.717) is 62.1 Å². The molecule has 0 bridgehead atoms. The number of carbonyl (C=O) groups excluding carboxylic acids is 2. The number of ketones is 2. The number of allylic oxidation sites excluding steroid dienone is 2. The first-order valence-corrected chi connectivity index (χ1v) is 19.9. The Bertz CT molecular complexity index is 2350. The Labute approximate surface area is 334 Å². The average Bonchev–Trinajstić information content (AvgIpc) is 3.14. The molecule has 14 nitrogen and oxygen atoms in total. The van der Waals surface area contributed by atoms with Crippen LogP contribution in [0.25, 0.3) is 10.8 Å². The first-order chi connectivity index (χ1) is 26.7. The van der Waals surface area contributed by atoms with Crippen LogP contribution in [-0.4, -0.2) is 137 Å². The van der Waals surface area contributed by atoms with E-state index in [1.807, 2.05) is 36.6 Å². The Hall–Kier alpha value is -5.29. The summed E-state index contributed by atoms with van der Waals surface area (Å²) in [5.41, 5.74) is 5.75. The van der Waals surface area contributed by atoms with Crippen LogP contribution in [0.2, 0.25) is 0 Å². The van der Waals surface area contributed by atoms with E-state index in [1.54, 1.807) is 55.6 Å². The van der Waals surface area contributed by atoms with Gasteiger partial charge in [0, 0.05) is 66.8 Å². The first-order valence-electron chi connectivity index (χ1n) is 18.5. The quantitative estimate of drug-likeness (QED) is 0.0605. The SMILES string of the molecule is CN=C1C=CC(=NCCC[N+](C)(C)C)c2c1c([O-])c1ccccc1c2O.C[NH2+]c1ccc(NCCC[N+](C)(C)C)c2c1C(=O)c1ccccc1C2=O.O=S(=O)(O)O. The molecule has 0 amide bonds. The minimum atomic E-state index is -4.67. The smallest absolute Gasteiger partial charge is 0.394 e. The topological polar surface area (TPSA) is 205 Å². The zero-order valence-corrected chi connectivity index (χ0v) is 34.6. The summed E-state index contributed by atoms with van der Waals surface area (Å²) in [7, 11) is 11.8. The number of anilines is 1. The number of nitrogens with one attached hydrogen (secondary N) is 1. The van der Waals surface area contributed by atoms with Gasteiger partial charge in [-0.1, -0.05) is 54.3 Å². The second-order valence-corrected chi connectivity index (χ2v) is 16.6. The van der Waals surface area contributed by atoms with Crippen LogP contribution in [0.4, 0.5) is 11.4 Å². The number of hydrogen-bond donors (Lipinski definition) is 5. The second kappa shape index (κ2) is 18.3. The fourth-order valence-corrected chi connectivity index (χ4v) is 6.68. The van der Waals surface area contributed by atoms with Gasteiger partial charge in [-0.05, 0) is 23.6 Å². The van der Waals surface area contributed by atoms with Crippen molar-refractivity contribution in [1.29, 1.82) is 0 Å². The van der Waals surface area contributed by atoms with Crippen LogP contribution in [0.15, 0.2) is 82.8 Å². The molecule has 0 radical (unpaired) electrons. The number of benzene rings is 4. The lowest BCUT2D eigenvalue weighted by molar-refractivity contribution is -0.870. The number of aromatic hydroxyl groups is 1. The summed E-state index contributed by atoms with van der Waals surface area (Å²) in [5, 5.41) is 30.2. The summed E-state index contributed by atoms with van der Waals surface area (Å²) in [4.78, 5) is 35.1. The van der Waals surface area contributed by atoms with Crippen LogP contribution in [0.1, 0.15) is 55.8 Å². The Morgan fingerprint density at radius 1 is 0.737 bits per heavy atom. The van der Waals surface area contributed by atoms with Crippen LogP contribution < -0.4 is 15.7 Å². The summed E-state index contributed by atoms with van der Waals surface area (Å²) in [5.74, 6) is -0.158. The maximum absolute atomic E-state index is 13.1. The molecule has 6 N–H and O–H groups in total. The first kappa shape index (κ1) is 44.4. The van der Waals surface area contributed by atoms with E-state index in [4.69, 9.17) is 17.5 Å². The second-order valence-electron chi connectivity index (χ2n) is 15.7. The van der Waals surface area contributed by atoms with E-state index in [0.717, 1.165) is 52.8 Å². The molecule has 0 aromatic heterocycles. The predicted octanol–water partition coefficient (Wildman–Crippen LogP) is 3.64. The Morgan fingerprint density at radius 3 is 1.82 bits per heavy atom. The zero-order valence-electron chi connectivity index (χ0n) is 33.8. The summed E-state index contributed by atoms with van der Waals surface area (Å²) >= 11 is 0. The molecule has 4 aromatic carbocycles. The third-order valence-corrected chi connectivity index (χ3v) is 9.30. The maximum Gasteiger partial charge on any atom is 0.394 e. The number of nitrogens with zero attached hydrogens (tertiary/aromatic N) is 4. The highest BCUT2D eigenvalue weighted by atomic mass is 32.3. The molecule has 0 saturated heterocycles. The number of quaternary nitrogens is 3. The molecule has 2 aliphatic carbocycles. The summed E-state index contributed by atoms with van der Waals surface area (Å²) < 4.78 is 33.4. The van der Waals surface area contributed by atoms with Gasteiger partial charge in [0.05, 0.1) is 90.5 Å². The van der Waals surface area contributed by atoms with Gasteiger partial charge in [0.1, 0.15) is 11.4 Å². The van der Waals surface area contributed by atoms with Gasteiger partial charge in [0.15, 0.2) is 5.78 Å². The highest BCUT2D eigenvalue weighted by Gasteiger charge is 2.35. The van der Waals surface area contributed by atoms with Gasteiger partial charge >= 0.3 is 10.4 Å². The predicted molar refractivity (Wildman–Crippen MR) is 223 cm³/mol. The fraction of sp³-hybridized carbons (Fsp3) is 0.333. The lowest BCUT2D eigenvalue weighted by Crippen LogP contribution is -2.73. The molecule has 0 unspecified atom stereocenters. The Kier molecular flexibility index (Phi) is 14.3. The number of carbonyl (C=O) groups is 2. The van der Waals surface area contributed by atoms with Crippen molar-refractivity contribution in [1.82, 2.24) is 0 Å². The molecule has 57 heavy (non-hydrogen) atoms. The highest BCUT2D eigenvalue weighted by molar-refractivity contribution is 7.79. The van der Waals surface area contributed by atoms with Crippen LogP contribution in [0.5, 0.6) is 11.5 Å². The highest BCUT2D eigenvalue weighted by Crippen LogP contribution is 2.41. The number of phenolic OH excluding ortho intramolecular Hbond substituents is 1. The lowest BCUT2D eigenvalue weighted by Gasteiger charge is -2.26. The van der Waals surface area contributed by atoms with Crippen LogP contribution in [-0.2, 0) is 10.4 Å². The number of rotatable bonds is 10. The van der Waals surface area contributed by atoms with Gasteiger partial charge in [0.2, 0.25) is 5.78 Å². The van der Waals surface area contributed by atoms with E-state index >= 15 is 0 Å². The van der Waals surface area contributed by atoms with E-state index < -0.39 is 10.4 Å². The largest absolute Gasteiger partial charge is 0.872 e. The molecule has 0 atom stereocenters. The summed E-state index contributed by atoms with van der Waals surface area (Å²) in [6.45, 7) is 3.45. The third kappa shape index (κ3) is 11.4. The van der Waals surface area contributed by atoms with Gasteiger partial charge < -0.3 is 29.8 Å². The van der Waals surface area contributed by atoms with Crippen LogP contribution in [0, 0.1) is 0 Å². The number of fused-ring (bicyclic) bond motifs is 4. The minimum absolute atomic E-state index is 0.0710. The van der Waals surface area contributed by atoms with Gasteiger partial charge in [-0.2, -0.15) is 8.42 Å². The normalized spacial score (nSPS) is 15.0. The average molecular weight is 803 g/mol. The molecule has 0 aliphatic heterocycles. The van der Waals surface area contributed by atoms with E-state index in [1.165, 1.54) is 0 Å². The van der Waals surface area contributed by atoms with Gasteiger partial charge in [-0.25, -0.2) is 0 Å². The molecule has 4 aromatic rings. The Morgan fingerprint density at radius 2 is 1.26 bits per heavy atom. The van der Waals surface area contributed by atoms with E-state index in [-0.39, 0.29) is 23.1 Å². The van der Waals surface area contributed by atoms with Crippen molar-refractivity contribution >= 4 is 55.5 Å². The van der Waals surface area contributed by atoms with E-state index in [9.17, 15) is 19.8 Å². The van der Waals surface area contributed by atoms with Crippen molar-refractivity contribution in [3.8, 4) is 11.5 Å². The van der Waals surface area contributed by atoms with Crippen molar-refractivity contribution < 1.29 is 51.6 Å². The molecular formula is C42H54N6O8S+2. The van der Waals surface area contributed by atoms with Crippen molar-refractivity contribution in [3.05, 3.63) is 106 Å². The number of phenols is 1. The number of hydrogen-bond acceptors (Lipinski definition) is 9. The molecular weight excluding hydrogens is 749 g/mol. The van der Waals surface area contributed by atoms with Crippen molar-refractivity contribution in [3.63, 3.8) is 0 Å². The van der Waals surface area contributed by atoms with Gasteiger partial charge in [-0.3, -0.25) is 28.7 Å². The fourth-order valence-electron chi connectivity index (χ4n) is 6.68. The minimum Gasteiger partial charge on any atom is -0.872 e. The summed E-state index contributed by atoms with van der Waals surface area (Å²) in [6, 6.07) is 18.0. The monoisotopic (exact) mass is 802 g/mol. The van der Waals surface area contributed by atoms with Gasteiger partial charge in [0.25, 0.3) is 0 Å². The van der Waals surface area contributed by atoms with Crippen LogP contribution >= 0.6 is 0 Å². The maximum atomic E-state index is 13.1. The molecule has 0 heterocycles. The van der Waals surface area contributed by atoms with Gasteiger partial charge in [-0.15, -0.1) is 0 Å². The molecule has 0 spiro atoms. The van der Waals surface area contributed by atoms with E-state index in [2.05, 4.69) is 57.6 Å². The third-order valence-electron chi connectivity index (χ3n) is 9.30. The molecule has 6 rings (SSSR count). The molecule has 2 aliphatic rings. The molecule has 0 fully saturated rings. The lowest BCUT2D eigenvalue weighted by atomic mass is 9.82. The standard InChI is InChI=1S/2C21H25N3O2.H2O4S/c2*1-22-16-10-11-17(23-12-7-13-24(2,3)4)19-18(16)20(25)14-8-5-6-9-15(14)21(19)26;1-5(2,3)4/h2*5-6,8-11H,7,12-13H2,1-4H3,(H-,22,23,25,26);(H2,1,2,3,4)/p+2. The molecule has 0 saturated carbocycles. The molecule has 304 valence electrons. The van der Waals surface area contributed by atoms with Crippen molar-refractivity contribution in [2.24, 2.45) is 9.98 Å². The summed E-state index contributed by atoms with van der Waals surface area (Å²) in [6.07, 6.45) is 5.56. The van der Waals surface area contributed by atoms with Crippen LogP contribution in [0.3, 0.4) is 0 Å². The van der Waals surface area contributed by atoms with Crippen molar-refractivity contribution in [2.45, 2.75) is 12.8 Å². The zero-order chi connectivity index (χ0) is 42.3. The Balaban J connectivity index is 0.000000226. The molecule has 15 heteroatoms.